The van der Waals surface area contributed by atoms with E-state index >= 15 is 0 Å². The summed E-state index contributed by atoms with van der Waals surface area (Å²) in [5.41, 5.74) is 0. The van der Waals surface area contributed by atoms with Gasteiger partial charge in [0.25, 0.3) is 0 Å². The highest BCUT2D eigenvalue weighted by molar-refractivity contribution is 7.53. The second-order valence-corrected chi connectivity index (χ2v) is 5.81. The van der Waals surface area contributed by atoms with E-state index in [1.54, 1.807) is 0 Å². The van der Waals surface area contributed by atoms with Gasteiger partial charge < -0.3 is 19.8 Å². The second kappa shape index (κ2) is 6.29. The normalized spacial score (nSPS) is 24.4. The standard InChI is InChI=1S/C9H15O8P/c10-7(11)4-3-6(9(12)13)17-18(14,15)8-2-1-5-16-8/h6,8H,1-5H2,(H,10,11)(H,12,13)(H,14,15). The molecular weight excluding hydrogens is 267 g/mol. The van der Waals surface area contributed by atoms with Crippen LogP contribution in [0, 0.1) is 0 Å². The summed E-state index contributed by atoms with van der Waals surface area (Å²) in [5, 5.41) is 17.3. The van der Waals surface area contributed by atoms with Crippen LogP contribution < -0.4 is 0 Å². The average Bonchev–Trinajstić information content (AvgIpc) is 2.77. The Bertz CT molecular complexity index is 362. The van der Waals surface area contributed by atoms with Gasteiger partial charge in [-0.25, -0.2) is 4.79 Å². The third kappa shape index (κ3) is 4.38. The fraction of sp³-hybridized carbons (Fsp3) is 0.778. The van der Waals surface area contributed by atoms with E-state index in [1.807, 2.05) is 0 Å². The lowest BCUT2D eigenvalue weighted by Gasteiger charge is -2.21. The van der Waals surface area contributed by atoms with Crippen LogP contribution in [0.5, 0.6) is 0 Å². The van der Waals surface area contributed by atoms with Crippen molar-refractivity contribution in [3.63, 3.8) is 0 Å². The van der Waals surface area contributed by atoms with Crippen molar-refractivity contribution in [1.82, 2.24) is 0 Å². The van der Waals surface area contributed by atoms with Crippen molar-refractivity contribution >= 4 is 19.5 Å². The van der Waals surface area contributed by atoms with E-state index in [0.29, 0.717) is 19.4 Å². The smallest absolute Gasteiger partial charge is 0.357 e. The second-order valence-electron chi connectivity index (χ2n) is 3.90. The highest BCUT2D eigenvalue weighted by Gasteiger charge is 2.40. The Balaban J connectivity index is 2.61. The van der Waals surface area contributed by atoms with Crippen LogP contribution in [0.3, 0.4) is 0 Å². The van der Waals surface area contributed by atoms with Crippen LogP contribution in [0.4, 0.5) is 0 Å². The molecule has 8 nitrogen and oxygen atoms in total. The zero-order chi connectivity index (χ0) is 13.8. The van der Waals surface area contributed by atoms with Crippen LogP contribution in [0.1, 0.15) is 25.7 Å². The summed E-state index contributed by atoms with van der Waals surface area (Å²) < 4.78 is 21.4. The maximum Gasteiger partial charge on any atom is 0.357 e. The van der Waals surface area contributed by atoms with E-state index in [9.17, 15) is 19.0 Å². The third-order valence-electron chi connectivity index (χ3n) is 2.44. The Morgan fingerprint density at radius 3 is 2.56 bits per heavy atom. The predicted octanol–water partition coefficient (Wildman–Crippen LogP) is 0.643. The minimum Gasteiger partial charge on any atom is -0.481 e. The number of carboxylic acid groups (broad SMARTS) is 2. The molecule has 1 aliphatic heterocycles. The quantitative estimate of drug-likeness (QED) is 0.580. The molecule has 0 aromatic carbocycles. The van der Waals surface area contributed by atoms with Gasteiger partial charge in [0, 0.05) is 13.0 Å². The van der Waals surface area contributed by atoms with Crippen LogP contribution in [0.15, 0.2) is 0 Å². The fourth-order valence-electron chi connectivity index (χ4n) is 1.54. The molecular formula is C9H15O8P. The monoisotopic (exact) mass is 282 g/mol. The van der Waals surface area contributed by atoms with Crippen LogP contribution in [0.2, 0.25) is 0 Å². The van der Waals surface area contributed by atoms with Crippen molar-refractivity contribution in [2.45, 2.75) is 37.6 Å². The molecule has 0 aromatic rings. The molecule has 1 saturated heterocycles. The first-order chi connectivity index (χ1) is 8.33. The van der Waals surface area contributed by atoms with Gasteiger partial charge in [-0.3, -0.25) is 13.9 Å². The summed E-state index contributed by atoms with van der Waals surface area (Å²) in [4.78, 5) is 30.8. The van der Waals surface area contributed by atoms with Crippen molar-refractivity contribution in [1.29, 1.82) is 0 Å². The minimum atomic E-state index is -4.21. The largest absolute Gasteiger partial charge is 0.481 e. The summed E-state index contributed by atoms with van der Waals surface area (Å²) in [6.07, 6.45) is -1.53. The molecule has 0 aromatic heterocycles. The highest BCUT2D eigenvalue weighted by Crippen LogP contribution is 2.52. The van der Waals surface area contributed by atoms with E-state index in [2.05, 4.69) is 4.52 Å². The molecule has 18 heavy (non-hydrogen) atoms. The Kier molecular flexibility index (Phi) is 5.28. The minimum absolute atomic E-state index is 0.318. The first-order valence-corrected chi connectivity index (χ1v) is 7.04. The molecule has 3 unspecified atom stereocenters. The molecule has 1 aliphatic rings. The molecule has 104 valence electrons. The lowest BCUT2D eigenvalue weighted by molar-refractivity contribution is -0.146. The van der Waals surface area contributed by atoms with Crippen LogP contribution >= 0.6 is 7.60 Å². The molecule has 1 fully saturated rings. The van der Waals surface area contributed by atoms with E-state index < -0.39 is 37.9 Å². The van der Waals surface area contributed by atoms with Crippen molar-refractivity contribution < 1.29 is 38.5 Å². The van der Waals surface area contributed by atoms with E-state index in [0.717, 1.165) is 0 Å². The average molecular weight is 282 g/mol. The van der Waals surface area contributed by atoms with Crippen molar-refractivity contribution in [3.8, 4) is 0 Å². The SMILES string of the molecule is O=C(O)CCC(OP(=O)(O)C1CCCO1)C(=O)O. The number of carbonyl (C=O) groups is 2. The van der Waals surface area contributed by atoms with Gasteiger partial charge in [0.1, 0.15) is 0 Å². The topological polar surface area (TPSA) is 130 Å². The fourth-order valence-corrected chi connectivity index (χ4v) is 3.04. The maximum atomic E-state index is 11.8. The molecule has 3 N–H and O–H groups in total. The van der Waals surface area contributed by atoms with Crippen molar-refractivity contribution in [2.75, 3.05) is 6.61 Å². The van der Waals surface area contributed by atoms with Crippen molar-refractivity contribution in [2.24, 2.45) is 0 Å². The Morgan fingerprint density at radius 1 is 1.44 bits per heavy atom. The number of carboxylic acids is 2. The predicted molar refractivity (Wildman–Crippen MR) is 58.2 cm³/mol. The highest BCUT2D eigenvalue weighted by atomic mass is 31.2. The lowest BCUT2D eigenvalue weighted by Crippen LogP contribution is -2.26. The molecule has 0 aliphatic carbocycles. The van der Waals surface area contributed by atoms with Gasteiger partial charge in [-0.05, 0) is 19.3 Å². The summed E-state index contributed by atoms with van der Waals surface area (Å²) in [6, 6.07) is 0. The van der Waals surface area contributed by atoms with Gasteiger partial charge in [0.2, 0.25) is 0 Å². The molecule has 1 rings (SSSR count). The van der Waals surface area contributed by atoms with Gasteiger partial charge in [0.05, 0.1) is 0 Å². The van der Waals surface area contributed by atoms with Crippen LogP contribution in [-0.2, 0) is 23.4 Å². The summed E-state index contributed by atoms with van der Waals surface area (Å²) >= 11 is 0. The van der Waals surface area contributed by atoms with Gasteiger partial charge >= 0.3 is 19.5 Å². The number of hydrogen-bond donors (Lipinski definition) is 3. The zero-order valence-corrected chi connectivity index (χ0v) is 10.4. The van der Waals surface area contributed by atoms with Gasteiger partial charge in [-0.2, -0.15) is 0 Å². The van der Waals surface area contributed by atoms with Crippen molar-refractivity contribution in [3.05, 3.63) is 0 Å². The Morgan fingerprint density at radius 2 is 2.11 bits per heavy atom. The molecule has 1 heterocycles. The number of aliphatic carboxylic acids is 2. The van der Waals surface area contributed by atoms with Crippen LogP contribution in [-0.4, -0.2) is 45.6 Å². The molecule has 0 spiro atoms. The summed E-state index contributed by atoms with van der Waals surface area (Å²) in [5.74, 6) is -3.69. The molecule has 0 radical (unpaired) electrons. The summed E-state index contributed by atoms with van der Waals surface area (Å²) in [6.45, 7) is 0.325. The van der Waals surface area contributed by atoms with E-state index in [1.165, 1.54) is 0 Å². The molecule has 0 saturated carbocycles. The summed E-state index contributed by atoms with van der Waals surface area (Å²) in [7, 11) is -4.21. The van der Waals surface area contributed by atoms with Crippen LogP contribution in [0.25, 0.3) is 0 Å². The number of hydrogen-bond acceptors (Lipinski definition) is 5. The first-order valence-electron chi connectivity index (χ1n) is 5.40. The third-order valence-corrected chi connectivity index (χ3v) is 4.14. The Labute approximate surface area is 103 Å². The zero-order valence-electron chi connectivity index (χ0n) is 9.52. The number of ether oxygens (including phenoxy) is 1. The first kappa shape index (κ1) is 15.1. The molecule has 9 heteroatoms. The lowest BCUT2D eigenvalue weighted by atomic mass is 10.2. The maximum absolute atomic E-state index is 11.8. The molecule has 0 bridgehead atoms. The number of rotatable bonds is 7. The van der Waals surface area contributed by atoms with Gasteiger partial charge in [0.15, 0.2) is 11.9 Å². The van der Waals surface area contributed by atoms with Gasteiger partial charge in [-0.15, -0.1) is 0 Å². The molecule has 3 atom stereocenters. The molecule has 0 amide bonds. The van der Waals surface area contributed by atoms with E-state index in [-0.39, 0.29) is 6.42 Å². The van der Waals surface area contributed by atoms with E-state index in [4.69, 9.17) is 14.9 Å². The van der Waals surface area contributed by atoms with Gasteiger partial charge in [-0.1, -0.05) is 0 Å². The Hall–Kier alpha value is -0.950.